The largest absolute Gasteiger partial charge is 0.422 e. The third kappa shape index (κ3) is 3.15. The fourth-order valence-electron chi connectivity index (χ4n) is 1.13. The first-order chi connectivity index (χ1) is 6.75. The van der Waals surface area contributed by atoms with Crippen LogP contribution in [0.25, 0.3) is 0 Å². The molecule has 1 aliphatic rings. The number of halogens is 1. The van der Waals surface area contributed by atoms with Crippen molar-refractivity contribution >= 4 is 12.4 Å². The van der Waals surface area contributed by atoms with Crippen molar-refractivity contribution in [2.24, 2.45) is 0 Å². The third-order valence-electron chi connectivity index (χ3n) is 2.16. The summed E-state index contributed by atoms with van der Waals surface area (Å²) in [5, 5.41) is 11.0. The van der Waals surface area contributed by atoms with Gasteiger partial charge in [-0.15, -0.1) is 22.6 Å². The van der Waals surface area contributed by atoms with Gasteiger partial charge in [0.15, 0.2) is 0 Å². The van der Waals surface area contributed by atoms with E-state index in [9.17, 15) is 0 Å². The fourth-order valence-corrected chi connectivity index (χ4v) is 1.13. The van der Waals surface area contributed by atoms with Gasteiger partial charge < -0.3 is 14.5 Å². The van der Waals surface area contributed by atoms with Crippen LogP contribution < -0.4 is 5.32 Å². The van der Waals surface area contributed by atoms with Gasteiger partial charge >= 0.3 is 0 Å². The third-order valence-corrected chi connectivity index (χ3v) is 2.16. The summed E-state index contributed by atoms with van der Waals surface area (Å²) in [6.07, 6.45) is 0.310. The SMILES string of the molecule is CC(C)c1nnc(COC2CNC2)o1.Cl. The van der Waals surface area contributed by atoms with E-state index < -0.39 is 0 Å². The minimum atomic E-state index is 0. The summed E-state index contributed by atoms with van der Waals surface area (Å²) in [5.41, 5.74) is 0. The van der Waals surface area contributed by atoms with E-state index in [4.69, 9.17) is 9.15 Å². The smallest absolute Gasteiger partial charge is 0.242 e. The Hall–Kier alpha value is -0.650. The van der Waals surface area contributed by atoms with Gasteiger partial charge in [0.2, 0.25) is 11.8 Å². The monoisotopic (exact) mass is 233 g/mol. The van der Waals surface area contributed by atoms with Crippen molar-refractivity contribution in [1.82, 2.24) is 15.5 Å². The summed E-state index contributed by atoms with van der Waals surface area (Å²) >= 11 is 0. The van der Waals surface area contributed by atoms with Gasteiger partial charge in [0.1, 0.15) is 6.61 Å². The number of rotatable bonds is 4. The Labute approximate surface area is 95.0 Å². The molecule has 15 heavy (non-hydrogen) atoms. The van der Waals surface area contributed by atoms with Gasteiger partial charge in [-0.25, -0.2) is 0 Å². The van der Waals surface area contributed by atoms with Crippen LogP contribution in [0.5, 0.6) is 0 Å². The second kappa shape index (κ2) is 5.44. The normalized spacial score (nSPS) is 16.2. The zero-order valence-electron chi connectivity index (χ0n) is 8.90. The molecule has 1 fully saturated rings. The molecule has 0 spiro atoms. The Balaban J connectivity index is 0.00000112. The number of nitrogens with one attached hydrogen (secondary N) is 1. The zero-order chi connectivity index (χ0) is 9.97. The standard InChI is InChI=1S/C9H15N3O2.ClH/c1-6(2)9-12-11-8(14-9)5-13-7-3-10-4-7;/h6-7,10H,3-5H2,1-2H3;1H. The van der Waals surface area contributed by atoms with Gasteiger partial charge in [-0.2, -0.15) is 0 Å². The van der Waals surface area contributed by atoms with Gasteiger partial charge in [-0.1, -0.05) is 13.8 Å². The van der Waals surface area contributed by atoms with Gasteiger partial charge in [-0.05, 0) is 0 Å². The first-order valence-corrected chi connectivity index (χ1v) is 4.90. The molecule has 1 aromatic heterocycles. The molecule has 0 saturated carbocycles. The second-order valence-electron chi connectivity index (χ2n) is 3.78. The van der Waals surface area contributed by atoms with Crippen LogP contribution in [0.15, 0.2) is 4.42 Å². The van der Waals surface area contributed by atoms with E-state index in [-0.39, 0.29) is 18.3 Å². The number of aromatic nitrogens is 2. The number of hydrogen-bond acceptors (Lipinski definition) is 5. The molecule has 6 heteroatoms. The Morgan fingerprint density at radius 2 is 2.20 bits per heavy atom. The highest BCUT2D eigenvalue weighted by molar-refractivity contribution is 5.85. The highest BCUT2D eigenvalue weighted by Crippen LogP contribution is 2.13. The molecule has 2 heterocycles. The predicted octanol–water partition coefficient (Wildman–Crippen LogP) is 1.10. The van der Waals surface area contributed by atoms with Crippen molar-refractivity contribution in [3.05, 3.63) is 11.8 Å². The lowest BCUT2D eigenvalue weighted by molar-refractivity contribution is -0.00253. The first kappa shape index (κ1) is 12.4. The molecule has 1 N–H and O–H groups in total. The van der Waals surface area contributed by atoms with E-state index in [1.54, 1.807) is 0 Å². The summed E-state index contributed by atoms with van der Waals surface area (Å²) < 4.78 is 10.9. The van der Waals surface area contributed by atoms with Crippen LogP contribution in [0, 0.1) is 0 Å². The van der Waals surface area contributed by atoms with Crippen molar-refractivity contribution in [3.8, 4) is 0 Å². The quantitative estimate of drug-likeness (QED) is 0.844. The topological polar surface area (TPSA) is 60.2 Å². The molecule has 1 aromatic rings. The molecular formula is C9H16ClN3O2. The van der Waals surface area contributed by atoms with Crippen molar-refractivity contribution in [2.75, 3.05) is 13.1 Å². The van der Waals surface area contributed by atoms with Crippen LogP contribution in [0.2, 0.25) is 0 Å². The van der Waals surface area contributed by atoms with Crippen molar-refractivity contribution in [3.63, 3.8) is 0 Å². The molecule has 0 amide bonds. The minimum Gasteiger partial charge on any atom is -0.422 e. The van der Waals surface area contributed by atoms with Gasteiger partial charge in [0.25, 0.3) is 0 Å². The molecule has 0 aliphatic carbocycles. The van der Waals surface area contributed by atoms with Crippen molar-refractivity contribution < 1.29 is 9.15 Å². The van der Waals surface area contributed by atoms with E-state index in [2.05, 4.69) is 15.5 Å². The lowest BCUT2D eigenvalue weighted by Gasteiger charge is -2.26. The number of hydrogen-bond donors (Lipinski definition) is 1. The lowest BCUT2D eigenvalue weighted by Crippen LogP contribution is -2.48. The molecule has 0 unspecified atom stereocenters. The molecule has 0 atom stereocenters. The molecule has 86 valence electrons. The Kier molecular flexibility index (Phi) is 4.50. The van der Waals surface area contributed by atoms with E-state index >= 15 is 0 Å². The van der Waals surface area contributed by atoms with E-state index in [0.717, 1.165) is 13.1 Å². The fraction of sp³-hybridized carbons (Fsp3) is 0.778. The van der Waals surface area contributed by atoms with Crippen LogP contribution in [-0.2, 0) is 11.3 Å². The Morgan fingerprint density at radius 1 is 1.47 bits per heavy atom. The Morgan fingerprint density at radius 3 is 2.67 bits per heavy atom. The summed E-state index contributed by atoms with van der Waals surface area (Å²) in [6, 6.07) is 0. The van der Waals surface area contributed by atoms with Gasteiger partial charge in [-0.3, -0.25) is 0 Å². The van der Waals surface area contributed by atoms with E-state index in [1.165, 1.54) is 0 Å². The lowest BCUT2D eigenvalue weighted by atomic mass is 10.2. The molecule has 1 aliphatic heterocycles. The number of ether oxygens (including phenoxy) is 1. The maximum atomic E-state index is 5.50. The van der Waals surface area contributed by atoms with Crippen molar-refractivity contribution in [2.45, 2.75) is 32.5 Å². The average molecular weight is 234 g/mol. The molecular weight excluding hydrogens is 218 g/mol. The summed E-state index contributed by atoms with van der Waals surface area (Å²) in [5.74, 6) is 1.53. The maximum absolute atomic E-state index is 5.50. The molecule has 0 radical (unpaired) electrons. The van der Waals surface area contributed by atoms with Crippen molar-refractivity contribution in [1.29, 1.82) is 0 Å². The summed E-state index contributed by atoms with van der Waals surface area (Å²) in [7, 11) is 0. The molecule has 5 nitrogen and oxygen atoms in total. The first-order valence-electron chi connectivity index (χ1n) is 4.90. The number of nitrogens with zero attached hydrogens (tertiary/aromatic N) is 2. The van der Waals surface area contributed by atoms with Crippen LogP contribution in [0.1, 0.15) is 31.5 Å². The summed E-state index contributed by atoms with van der Waals surface area (Å²) in [6.45, 7) is 6.31. The highest BCUT2D eigenvalue weighted by atomic mass is 35.5. The highest BCUT2D eigenvalue weighted by Gasteiger charge is 2.18. The van der Waals surface area contributed by atoms with E-state index in [0.29, 0.717) is 24.5 Å². The average Bonchev–Trinajstić information content (AvgIpc) is 2.50. The van der Waals surface area contributed by atoms with Gasteiger partial charge in [0.05, 0.1) is 6.10 Å². The van der Waals surface area contributed by atoms with E-state index in [1.807, 2.05) is 13.8 Å². The van der Waals surface area contributed by atoms with Crippen LogP contribution in [0.3, 0.4) is 0 Å². The molecule has 1 saturated heterocycles. The minimum absolute atomic E-state index is 0. The van der Waals surface area contributed by atoms with Crippen LogP contribution in [0.4, 0.5) is 0 Å². The predicted molar refractivity (Wildman–Crippen MR) is 57.1 cm³/mol. The molecule has 0 aromatic carbocycles. The second-order valence-corrected chi connectivity index (χ2v) is 3.78. The summed E-state index contributed by atoms with van der Waals surface area (Å²) in [4.78, 5) is 0. The molecule has 0 bridgehead atoms. The maximum Gasteiger partial charge on any atom is 0.242 e. The zero-order valence-corrected chi connectivity index (χ0v) is 9.71. The molecule has 2 rings (SSSR count). The van der Waals surface area contributed by atoms with Crippen LogP contribution in [-0.4, -0.2) is 29.4 Å². The Bertz CT molecular complexity index is 299. The van der Waals surface area contributed by atoms with Crippen LogP contribution >= 0.6 is 12.4 Å². The van der Waals surface area contributed by atoms with Gasteiger partial charge in [0, 0.05) is 19.0 Å².